The molecule has 0 aliphatic carbocycles. The Kier molecular flexibility index (Phi) is 8.46. The van der Waals surface area contributed by atoms with E-state index in [0.717, 1.165) is 18.3 Å². The van der Waals surface area contributed by atoms with Crippen LogP contribution in [0.2, 0.25) is 0 Å². The van der Waals surface area contributed by atoms with Crippen LogP contribution in [0, 0.1) is 0 Å². The number of rotatable bonds is 6. The van der Waals surface area contributed by atoms with Gasteiger partial charge in [-0.05, 0) is 24.3 Å². The number of aromatic nitrogens is 2. The Balaban J connectivity index is 0.00000264. The molecule has 0 saturated carbocycles. The van der Waals surface area contributed by atoms with Crippen LogP contribution in [0.25, 0.3) is 0 Å². The molecule has 1 N–H and O–H groups in total. The van der Waals surface area contributed by atoms with Gasteiger partial charge < -0.3 is 19.5 Å². The van der Waals surface area contributed by atoms with E-state index in [-0.39, 0.29) is 24.0 Å². The number of pyridine rings is 1. The lowest BCUT2D eigenvalue weighted by Gasteiger charge is -2.22. The standard InChI is InChI=1S/C16H23N5O.HI/c1-17-16(21(3)13-14-6-5-10-20(14)2)19-9-11-22-15-7-4-8-18-12-15;/h4-8,10,12H,9,11,13H2,1-3H3,(H,17,19);1H. The van der Waals surface area contributed by atoms with Crippen LogP contribution in [0.1, 0.15) is 5.69 Å². The van der Waals surface area contributed by atoms with Crippen molar-refractivity contribution in [2.24, 2.45) is 12.0 Å². The summed E-state index contributed by atoms with van der Waals surface area (Å²) in [6, 6.07) is 7.90. The smallest absolute Gasteiger partial charge is 0.193 e. The van der Waals surface area contributed by atoms with Gasteiger partial charge in [0.1, 0.15) is 12.4 Å². The Bertz CT molecular complexity index is 600. The van der Waals surface area contributed by atoms with E-state index in [1.165, 1.54) is 5.69 Å². The summed E-state index contributed by atoms with van der Waals surface area (Å²) >= 11 is 0. The summed E-state index contributed by atoms with van der Waals surface area (Å²) in [5.74, 6) is 1.62. The molecule has 0 bridgehead atoms. The van der Waals surface area contributed by atoms with E-state index >= 15 is 0 Å². The molecule has 0 amide bonds. The number of hydrogen-bond donors (Lipinski definition) is 1. The molecule has 0 spiro atoms. The van der Waals surface area contributed by atoms with Crippen LogP contribution in [0.15, 0.2) is 47.8 Å². The number of halogens is 1. The van der Waals surface area contributed by atoms with E-state index in [1.54, 1.807) is 19.4 Å². The highest BCUT2D eigenvalue weighted by Crippen LogP contribution is 2.05. The summed E-state index contributed by atoms with van der Waals surface area (Å²) < 4.78 is 7.71. The SMILES string of the molecule is CN=C(NCCOc1cccnc1)N(C)Cc1cccn1C.I. The number of aliphatic imine (C=N–C) groups is 1. The predicted octanol–water partition coefficient (Wildman–Crippen LogP) is 2.12. The van der Waals surface area contributed by atoms with Crippen molar-refractivity contribution in [3.05, 3.63) is 48.5 Å². The van der Waals surface area contributed by atoms with Gasteiger partial charge in [-0.15, -0.1) is 24.0 Å². The van der Waals surface area contributed by atoms with E-state index in [0.29, 0.717) is 13.2 Å². The molecule has 7 heteroatoms. The Hall–Kier alpha value is -1.77. The first-order valence-electron chi connectivity index (χ1n) is 7.25. The number of nitrogens with one attached hydrogen (secondary N) is 1. The lowest BCUT2D eigenvalue weighted by atomic mass is 10.4. The van der Waals surface area contributed by atoms with Crippen LogP contribution in [0.5, 0.6) is 5.75 Å². The molecule has 0 aliphatic rings. The van der Waals surface area contributed by atoms with E-state index in [4.69, 9.17) is 4.74 Å². The number of guanidine groups is 1. The zero-order valence-electron chi connectivity index (χ0n) is 13.8. The highest BCUT2D eigenvalue weighted by molar-refractivity contribution is 14.0. The van der Waals surface area contributed by atoms with Crippen LogP contribution >= 0.6 is 24.0 Å². The van der Waals surface area contributed by atoms with E-state index in [2.05, 4.69) is 30.8 Å². The average Bonchev–Trinajstić information content (AvgIpc) is 2.93. The minimum absolute atomic E-state index is 0. The minimum Gasteiger partial charge on any atom is -0.490 e. The molecule has 2 aromatic heterocycles. The summed E-state index contributed by atoms with van der Waals surface area (Å²) in [5.41, 5.74) is 1.23. The van der Waals surface area contributed by atoms with Crippen molar-refractivity contribution in [1.82, 2.24) is 19.8 Å². The number of aryl methyl sites for hydroxylation is 1. The maximum atomic E-state index is 5.60. The van der Waals surface area contributed by atoms with E-state index in [1.807, 2.05) is 38.5 Å². The Morgan fingerprint density at radius 2 is 2.22 bits per heavy atom. The second-order valence-electron chi connectivity index (χ2n) is 4.98. The largest absolute Gasteiger partial charge is 0.490 e. The van der Waals surface area contributed by atoms with Crippen molar-refractivity contribution < 1.29 is 4.74 Å². The molecular formula is C16H24IN5O. The van der Waals surface area contributed by atoms with Gasteiger partial charge in [0, 0.05) is 39.2 Å². The molecule has 23 heavy (non-hydrogen) atoms. The van der Waals surface area contributed by atoms with Gasteiger partial charge in [0.25, 0.3) is 0 Å². The van der Waals surface area contributed by atoms with Gasteiger partial charge in [-0.1, -0.05) is 0 Å². The lowest BCUT2D eigenvalue weighted by molar-refractivity contribution is 0.318. The van der Waals surface area contributed by atoms with Gasteiger partial charge in [0.2, 0.25) is 0 Å². The van der Waals surface area contributed by atoms with Crippen LogP contribution in [0.3, 0.4) is 0 Å². The molecule has 126 valence electrons. The van der Waals surface area contributed by atoms with Crippen LogP contribution in [-0.2, 0) is 13.6 Å². The predicted molar refractivity (Wildman–Crippen MR) is 103 cm³/mol. The van der Waals surface area contributed by atoms with Gasteiger partial charge in [-0.2, -0.15) is 0 Å². The molecule has 0 saturated heterocycles. The fraction of sp³-hybridized carbons (Fsp3) is 0.375. The molecule has 0 fully saturated rings. The van der Waals surface area contributed by atoms with Crippen LogP contribution in [-0.4, -0.2) is 47.7 Å². The fourth-order valence-corrected chi connectivity index (χ4v) is 2.13. The lowest BCUT2D eigenvalue weighted by Crippen LogP contribution is -2.40. The first kappa shape index (κ1) is 19.3. The summed E-state index contributed by atoms with van der Waals surface area (Å²) in [5, 5.41) is 3.29. The van der Waals surface area contributed by atoms with Crippen LogP contribution < -0.4 is 10.1 Å². The minimum atomic E-state index is 0. The monoisotopic (exact) mass is 429 g/mol. The van der Waals surface area contributed by atoms with Gasteiger partial charge in [0.15, 0.2) is 5.96 Å². The van der Waals surface area contributed by atoms with Crippen LogP contribution in [0.4, 0.5) is 0 Å². The molecule has 0 radical (unpaired) electrons. The molecule has 0 atom stereocenters. The summed E-state index contributed by atoms with van der Waals surface area (Å²) in [7, 11) is 5.84. The maximum Gasteiger partial charge on any atom is 0.193 e. The molecule has 2 heterocycles. The summed E-state index contributed by atoms with van der Waals surface area (Å²) in [6.45, 7) is 2.04. The van der Waals surface area contributed by atoms with E-state index in [9.17, 15) is 0 Å². The third-order valence-corrected chi connectivity index (χ3v) is 3.31. The van der Waals surface area contributed by atoms with Gasteiger partial charge in [-0.25, -0.2) is 0 Å². The Morgan fingerprint density at radius 3 is 2.83 bits per heavy atom. The van der Waals surface area contributed by atoms with Crippen molar-refractivity contribution in [2.75, 3.05) is 27.2 Å². The van der Waals surface area contributed by atoms with Crippen molar-refractivity contribution in [1.29, 1.82) is 0 Å². The van der Waals surface area contributed by atoms with Gasteiger partial charge >= 0.3 is 0 Å². The maximum absolute atomic E-state index is 5.60. The molecule has 0 unspecified atom stereocenters. The third kappa shape index (κ3) is 6.09. The zero-order chi connectivity index (χ0) is 15.8. The van der Waals surface area contributed by atoms with E-state index < -0.39 is 0 Å². The normalized spacial score (nSPS) is 10.8. The van der Waals surface area contributed by atoms with Crippen molar-refractivity contribution in [3.8, 4) is 5.75 Å². The third-order valence-electron chi connectivity index (χ3n) is 3.31. The van der Waals surface area contributed by atoms with Crippen molar-refractivity contribution in [3.63, 3.8) is 0 Å². The summed E-state index contributed by atoms with van der Waals surface area (Å²) in [6.07, 6.45) is 5.48. The fourth-order valence-electron chi connectivity index (χ4n) is 2.13. The molecule has 0 aliphatic heterocycles. The molecule has 2 aromatic rings. The molecular weight excluding hydrogens is 405 g/mol. The Morgan fingerprint density at radius 1 is 1.39 bits per heavy atom. The zero-order valence-corrected chi connectivity index (χ0v) is 16.1. The Labute approximate surface area is 154 Å². The number of ether oxygens (including phenoxy) is 1. The second kappa shape index (κ2) is 10.1. The highest BCUT2D eigenvalue weighted by Gasteiger charge is 2.07. The number of hydrogen-bond acceptors (Lipinski definition) is 3. The van der Waals surface area contributed by atoms with Gasteiger partial charge in [-0.3, -0.25) is 9.98 Å². The first-order chi connectivity index (χ1) is 10.7. The quantitative estimate of drug-likeness (QED) is 0.331. The van der Waals surface area contributed by atoms with Crippen molar-refractivity contribution >= 4 is 29.9 Å². The molecule has 0 aromatic carbocycles. The van der Waals surface area contributed by atoms with Crippen molar-refractivity contribution in [2.45, 2.75) is 6.54 Å². The average molecular weight is 429 g/mol. The second-order valence-corrected chi connectivity index (χ2v) is 4.98. The topological polar surface area (TPSA) is 54.7 Å². The summed E-state index contributed by atoms with van der Waals surface area (Å²) in [4.78, 5) is 10.4. The molecule has 6 nitrogen and oxygen atoms in total. The first-order valence-corrected chi connectivity index (χ1v) is 7.25. The number of nitrogens with zero attached hydrogens (tertiary/aromatic N) is 4. The van der Waals surface area contributed by atoms with Gasteiger partial charge in [0.05, 0.1) is 19.3 Å². The molecule has 2 rings (SSSR count). The highest BCUT2D eigenvalue weighted by atomic mass is 127.